The van der Waals surface area contributed by atoms with Crippen molar-refractivity contribution < 1.29 is 9.59 Å². The third-order valence-corrected chi connectivity index (χ3v) is 3.66. The minimum atomic E-state index is -0.400. The molecule has 0 atom stereocenters. The zero-order chi connectivity index (χ0) is 12.5. The fourth-order valence-electron chi connectivity index (χ4n) is 1.94. The van der Waals surface area contributed by atoms with E-state index < -0.39 is 6.03 Å². The lowest BCUT2D eigenvalue weighted by Crippen LogP contribution is -2.37. The first kappa shape index (κ1) is 11.0. The molecule has 0 saturated heterocycles. The smallest absolute Gasteiger partial charge is 0.307 e. The molecule has 0 bridgehead atoms. The molecular weight excluding hydrogens is 248 g/mol. The number of nitrogens with zero attached hydrogens (tertiary/aromatic N) is 1. The van der Waals surface area contributed by atoms with Gasteiger partial charge in [-0.15, -0.1) is 11.3 Å². The molecule has 90 valence electrons. The first-order valence-electron chi connectivity index (χ1n) is 5.51. The van der Waals surface area contributed by atoms with Gasteiger partial charge in [-0.3, -0.25) is 4.79 Å². The lowest BCUT2D eigenvalue weighted by atomic mass is 10.3. The van der Waals surface area contributed by atoms with E-state index in [9.17, 15) is 9.59 Å². The number of thiophene rings is 1. The van der Waals surface area contributed by atoms with Crippen LogP contribution in [-0.4, -0.2) is 11.9 Å². The van der Waals surface area contributed by atoms with E-state index in [0.717, 1.165) is 4.88 Å². The molecule has 1 N–H and O–H groups in total. The van der Waals surface area contributed by atoms with E-state index in [4.69, 9.17) is 0 Å². The molecule has 1 aromatic heterocycles. The van der Waals surface area contributed by atoms with Gasteiger partial charge in [0.1, 0.15) is 0 Å². The Morgan fingerprint density at radius 3 is 2.78 bits per heavy atom. The number of imide groups is 1. The predicted octanol–water partition coefficient (Wildman–Crippen LogP) is 2.87. The molecule has 4 nitrogen and oxygen atoms in total. The van der Waals surface area contributed by atoms with Crippen LogP contribution < -0.4 is 10.2 Å². The standard InChI is InChI=1S/C13H10N2O2S/c16-12-8-11-10(6-7-18-11)15(12)13(17)14-9-4-2-1-3-5-9/h1-7H,8H2,(H,14,17). The summed E-state index contributed by atoms with van der Waals surface area (Å²) in [6, 6.07) is 10.5. The van der Waals surface area contributed by atoms with Crippen LogP contribution in [0.3, 0.4) is 0 Å². The van der Waals surface area contributed by atoms with Gasteiger partial charge in [0.25, 0.3) is 0 Å². The van der Waals surface area contributed by atoms with Crippen LogP contribution in [0.2, 0.25) is 0 Å². The highest BCUT2D eigenvalue weighted by Crippen LogP contribution is 2.33. The van der Waals surface area contributed by atoms with Gasteiger partial charge in [-0.25, -0.2) is 9.69 Å². The summed E-state index contributed by atoms with van der Waals surface area (Å²) in [5.74, 6) is -0.176. The maximum atomic E-state index is 12.1. The van der Waals surface area contributed by atoms with Gasteiger partial charge in [-0.05, 0) is 23.6 Å². The van der Waals surface area contributed by atoms with Crippen LogP contribution in [0.4, 0.5) is 16.2 Å². The Bertz CT molecular complexity index is 606. The summed E-state index contributed by atoms with van der Waals surface area (Å²) in [7, 11) is 0. The Hall–Kier alpha value is -2.14. The summed E-state index contributed by atoms with van der Waals surface area (Å²) < 4.78 is 0. The minimum Gasteiger partial charge on any atom is -0.307 e. The lowest BCUT2D eigenvalue weighted by Gasteiger charge is -2.15. The second-order valence-electron chi connectivity index (χ2n) is 3.93. The van der Waals surface area contributed by atoms with E-state index in [2.05, 4.69) is 5.32 Å². The number of hydrogen-bond donors (Lipinski definition) is 1. The van der Waals surface area contributed by atoms with Gasteiger partial charge < -0.3 is 5.32 Å². The Balaban J connectivity index is 1.84. The second kappa shape index (κ2) is 4.27. The molecule has 1 aliphatic rings. The zero-order valence-corrected chi connectivity index (χ0v) is 10.2. The molecule has 0 radical (unpaired) electrons. The molecule has 0 aliphatic carbocycles. The quantitative estimate of drug-likeness (QED) is 0.855. The molecule has 2 heterocycles. The minimum absolute atomic E-state index is 0.176. The highest BCUT2D eigenvalue weighted by molar-refractivity contribution is 7.10. The van der Waals surface area contributed by atoms with Crippen molar-refractivity contribution >= 4 is 34.6 Å². The van der Waals surface area contributed by atoms with E-state index in [1.165, 1.54) is 16.2 Å². The maximum absolute atomic E-state index is 12.1. The fourth-order valence-corrected chi connectivity index (χ4v) is 2.79. The second-order valence-corrected chi connectivity index (χ2v) is 4.93. The van der Waals surface area contributed by atoms with Crippen LogP contribution in [0.25, 0.3) is 0 Å². The number of fused-ring (bicyclic) bond motifs is 1. The molecule has 0 unspecified atom stereocenters. The number of amides is 3. The lowest BCUT2D eigenvalue weighted by molar-refractivity contribution is -0.116. The largest absolute Gasteiger partial charge is 0.333 e. The maximum Gasteiger partial charge on any atom is 0.333 e. The van der Waals surface area contributed by atoms with Crippen molar-refractivity contribution in [3.05, 3.63) is 46.7 Å². The van der Waals surface area contributed by atoms with Crippen molar-refractivity contribution in [3.63, 3.8) is 0 Å². The number of para-hydroxylation sites is 1. The number of urea groups is 1. The third-order valence-electron chi connectivity index (χ3n) is 2.75. The van der Waals surface area contributed by atoms with Crippen LogP contribution in [-0.2, 0) is 11.2 Å². The predicted molar refractivity (Wildman–Crippen MR) is 71.0 cm³/mol. The van der Waals surface area contributed by atoms with Crippen LogP contribution in [0.15, 0.2) is 41.8 Å². The topological polar surface area (TPSA) is 49.4 Å². The Labute approximate surface area is 108 Å². The normalized spacial score (nSPS) is 13.6. The molecule has 0 fully saturated rings. The summed E-state index contributed by atoms with van der Waals surface area (Å²) >= 11 is 1.50. The summed E-state index contributed by atoms with van der Waals surface area (Å²) in [5.41, 5.74) is 1.39. The van der Waals surface area contributed by atoms with Crippen molar-refractivity contribution in [2.45, 2.75) is 6.42 Å². The summed E-state index contributed by atoms with van der Waals surface area (Å²) in [6.45, 7) is 0. The van der Waals surface area contributed by atoms with Crippen molar-refractivity contribution in [1.29, 1.82) is 0 Å². The molecule has 2 aromatic rings. The molecule has 18 heavy (non-hydrogen) atoms. The van der Waals surface area contributed by atoms with Crippen LogP contribution >= 0.6 is 11.3 Å². The van der Waals surface area contributed by atoms with E-state index in [1.54, 1.807) is 18.2 Å². The number of anilines is 2. The Morgan fingerprint density at radius 2 is 2.00 bits per heavy atom. The zero-order valence-electron chi connectivity index (χ0n) is 9.42. The highest BCUT2D eigenvalue weighted by Gasteiger charge is 2.33. The van der Waals surface area contributed by atoms with E-state index >= 15 is 0 Å². The first-order valence-corrected chi connectivity index (χ1v) is 6.39. The molecule has 0 spiro atoms. The van der Waals surface area contributed by atoms with Crippen molar-refractivity contribution in [2.75, 3.05) is 10.2 Å². The van der Waals surface area contributed by atoms with Gasteiger partial charge >= 0.3 is 6.03 Å². The number of hydrogen-bond acceptors (Lipinski definition) is 3. The summed E-state index contributed by atoms with van der Waals surface area (Å²) in [6.07, 6.45) is 0.315. The number of carbonyl (C=O) groups excluding carboxylic acids is 2. The highest BCUT2D eigenvalue weighted by atomic mass is 32.1. The summed E-state index contributed by atoms with van der Waals surface area (Å²) in [4.78, 5) is 26.0. The van der Waals surface area contributed by atoms with E-state index in [-0.39, 0.29) is 5.91 Å². The van der Waals surface area contributed by atoms with E-state index in [0.29, 0.717) is 17.8 Å². The van der Waals surface area contributed by atoms with E-state index in [1.807, 2.05) is 23.6 Å². The SMILES string of the molecule is O=C1Cc2sccc2N1C(=O)Nc1ccccc1. The number of benzene rings is 1. The first-order chi connectivity index (χ1) is 8.75. The van der Waals surface area contributed by atoms with Gasteiger partial charge in [-0.1, -0.05) is 18.2 Å². The van der Waals surface area contributed by atoms with Gasteiger partial charge in [0.2, 0.25) is 5.91 Å². The number of rotatable bonds is 1. The third kappa shape index (κ3) is 1.78. The Kier molecular flexibility index (Phi) is 2.60. The number of carbonyl (C=O) groups is 2. The fraction of sp³-hybridized carbons (Fsp3) is 0.0769. The average molecular weight is 258 g/mol. The van der Waals surface area contributed by atoms with Gasteiger partial charge in [0.05, 0.1) is 12.1 Å². The van der Waals surface area contributed by atoms with Crippen LogP contribution in [0, 0.1) is 0 Å². The van der Waals surface area contributed by atoms with Crippen molar-refractivity contribution in [3.8, 4) is 0 Å². The van der Waals surface area contributed by atoms with Crippen LogP contribution in [0.1, 0.15) is 4.88 Å². The molecule has 3 rings (SSSR count). The molecular formula is C13H10N2O2S. The van der Waals surface area contributed by atoms with Crippen LogP contribution in [0.5, 0.6) is 0 Å². The monoisotopic (exact) mass is 258 g/mol. The van der Waals surface area contributed by atoms with Gasteiger partial charge in [0.15, 0.2) is 0 Å². The van der Waals surface area contributed by atoms with Gasteiger partial charge in [0, 0.05) is 10.6 Å². The molecule has 0 saturated carbocycles. The number of nitrogens with one attached hydrogen (secondary N) is 1. The average Bonchev–Trinajstić information content (AvgIpc) is 2.89. The molecule has 1 aliphatic heterocycles. The molecule has 1 aromatic carbocycles. The van der Waals surface area contributed by atoms with Crippen molar-refractivity contribution in [2.24, 2.45) is 0 Å². The van der Waals surface area contributed by atoms with Crippen molar-refractivity contribution in [1.82, 2.24) is 0 Å². The molecule has 5 heteroatoms. The Morgan fingerprint density at radius 1 is 1.22 bits per heavy atom. The van der Waals surface area contributed by atoms with Gasteiger partial charge in [-0.2, -0.15) is 0 Å². The molecule has 3 amide bonds. The summed E-state index contributed by atoms with van der Waals surface area (Å²) in [5, 5.41) is 4.60.